The summed E-state index contributed by atoms with van der Waals surface area (Å²) in [5.41, 5.74) is 0. The average molecular weight is 428 g/mol. The molecule has 0 aromatic carbocycles. The van der Waals surface area contributed by atoms with Crippen LogP contribution in [0.1, 0.15) is 103 Å². The molecule has 0 bridgehead atoms. The molecule has 1 unspecified atom stereocenters. The number of carbonyl (C=O) groups is 2. The second kappa shape index (κ2) is 18.5. The van der Waals surface area contributed by atoms with Crippen molar-refractivity contribution in [1.29, 1.82) is 0 Å². The quantitative estimate of drug-likeness (QED) is 0.202. The van der Waals surface area contributed by atoms with Crippen molar-refractivity contribution in [3.63, 3.8) is 0 Å². The number of likely N-dealkylation sites (tertiary alicyclic amines) is 1. The molecule has 0 aromatic heterocycles. The lowest BCUT2D eigenvalue weighted by Crippen LogP contribution is -2.42. The van der Waals surface area contributed by atoms with Crippen LogP contribution in [0.2, 0.25) is 0 Å². The van der Waals surface area contributed by atoms with E-state index in [4.69, 9.17) is 14.2 Å². The Bertz CT molecular complexity index is 443. The number of esters is 1. The summed E-state index contributed by atoms with van der Waals surface area (Å²) < 4.78 is 15.4. The standard InChI is InChI=1S/C24H45NO5/c1-3-4-5-6-7-8-9-10-11-12-13-14-15-19-29-23(26)22-17-16-18-25(22)24(27)30-21-20-28-2/h22H,3-21H2,1-2H3. The van der Waals surface area contributed by atoms with Gasteiger partial charge in [-0.25, -0.2) is 9.59 Å². The van der Waals surface area contributed by atoms with Crippen molar-refractivity contribution in [3.8, 4) is 0 Å². The lowest BCUT2D eigenvalue weighted by molar-refractivity contribution is -0.148. The molecule has 1 fully saturated rings. The van der Waals surface area contributed by atoms with Crippen LogP contribution in [0.5, 0.6) is 0 Å². The fourth-order valence-electron chi connectivity index (χ4n) is 3.91. The molecular weight excluding hydrogens is 382 g/mol. The highest BCUT2D eigenvalue weighted by atomic mass is 16.6. The van der Waals surface area contributed by atoms with Gasteiger partial charge in [0.2, 0.25) is 0 Å². The first-order valence-electron chi connectivity index (χ1n) is 12.3. The molecule has 176 valence electrons. The van der Waals surface area contributed by atoms with Crippen LogP contribution in [0.15, 0.2) is 0 Å². The molecule has 1 aliphatic rings. The van der Waals surface area contributed by atoms with Gasteiger partial charge in [-0.05, 0) is 19.3 Å². The second-order valence-corrected chi connectivity index (χ2v) is 8.37. The third kappa shape index (κ3) is 12.4. The van der Waals surface area contributed by atoms with E-state index < -0.39 is 12.1 Å². The second-order valence-electron chi connectivity index (χ2n) is 8.37. The number of nitrogens with zero attached hydrogens (tertiary/aromatic N) is 1. The third-order valence-corrected chi connectivity index (χ3v) is 5.76. The first-order valence-corrected chi connectivity index (χ1v) is 12.3. The molecule has 30 heavy (non-hydrogen) atoms. The monoisotopic (exact) mass is 427 g/mol. The Morgan fingerprint density at radius 2 is 1.33 bits per heavy atom. The van der Waals surface area contributed by atoms with Crippen LogP contribution >= 0.6 is 0 Å². The van der Waals surface area contributed by atoms with E-state index in [1.54, 1.807) is 7.11 Å². The van der Waals surface area contributed by atoms with Gasteiger partial charge in [-0.3, -0.25) is 4.90 Å². The molecular formula is C24H45NO5. The van der Waals surface area contributed by atoms with Gasteiger partial charge in [-0.2, -0.15) is 0 Å². The minimum atomic E-state index is -0.498. The fourth-order valence-corrected chi connectivity index (χ4v) is 3.91. The Kier molecular flexibility index (Phi) is 16.5. The van der Waals surface area contributed by atoms with Crippen LogP contribution in [-0.4, -0.2) is 56.5 Å². The van der Waals surface area contributed by atoms with Gasteiger partial charge in [0.25, 0.3) is 0 Å². The first-order chi connectivity index (χ1) is 14.7. The van der Waals surface area contributed by atoms with E-state index in [2.05, 4.69) is 6.92 Å². The molecule has 0 aromatic rings. The largest absolute Gasteiger partial charge is 0.464 e. The van der Waals surface area contributed by atoms with Crippen molar-refractivity contribution in [3.05, 3.63) is 0 Å². The van der Waals surface area contributed by atoms with Gasteiger partial charge in [0.15, 0.2) is 0 Å². The molecule has 0 radical (unpaired) electrons. The summed E-state index contributed by atoms with van der Waals surface area (Å²) in [6.45, 7) is 3.81. The summed E-state index contributed by atoms with van der Waals surface area (Å²) >= 11 is 0. The number of rotatable bonds is 18. The maximum atomic E-state index is 12.3. The van der Waals surface area contributed by atoms with Crippen molar-refractivity contribution in [2.45, 2.75) is 109 Å². The van der Waals surface area contributed by atoms with Gasteiger partial charge in [0, 0.05) is 13.7 Å². The highest BCUT2D eigenvalue weighted by molar-refractivity contribution is 5.82. The van der Waals surface area contributed by atoms with Crippen LogP contribution in [0, 0.1) is 0 Å². The van der Waals surface area contributed by atoms with E-state index in [0.29, 0.717) is 26.2 Å². The summed E-state index contributed by atoms with van der Waals surface area (Å²) in [5.74, 6) is -0.296. The predicted octanol–water partition coefficient (Wildman–Crippen LogP) is 5.87. The highest BCUT2D eigenvalue weighted by Gasteiger charge is 2.36. The minimum Gasteiger partial charge on any atom is -0.464 e. The Labute approximate surface area is 184 Å². The molecule has 1 aliphatic heterocycles. The molecule has 1 rings (SSSR count). The maximum absolute atomic E-state index is 12.3. The zero-order valence-electron chi connectivity index (χ0n) is 19.5. The molecule has 1 amide bonds. The highest BCUT2D eigenvalue weighted by Crippen LogP contribution is 2.20. The number of ether oxygens (including phenoxy) is 3. The van der Waals surface area contributed by atoms with Crippen LogP contribution in [0.3, 0.4) is 0 Å². The van der Waals surface area contributed by atoms with Crippen LogP contribution in [0.25, 0.3) is 0 Å². The Morgan fingerprint density at radius 1 is 0.767 bits per heavy atom. The lowest BCUT2D eigenvalue weighted by atomic mass is 10.0. The van der Waals surface area contributed by atoms with Gasteiger partial charge >= 0.3 is 12.1 Å². The van der Waals surface area contributed by atoms with E-state index >= 15 is 0 Å². The zero-order valence-corrected chi connectivity index (χ0v) is 19.5. The van der Waals surface area contributed by atoms with Crippen LogP contribution in [0.4, 0.5) is 4.79 Å². The minimum absolute atomic E-state index is 0.201. The summed E-state index contributed by atoms with van der Waals surface area (Å²) in [5, 5.41) is 0. The third-order valence-electron chi connectivity index (χ3n) is 5.76. The normalized spacial score (nSPS) is 16.1. The molecule has 6 heteroatoms. The van der Waals surface area contributed by atoms with Gasteiger partial charge < -0.3 is 14.2 Å². The Balaban J connectivity index is 1.97. The van der Waals surface area contributed by atoms with Crippen molar-refractivity contribution in [1.82, 2.24) is 4.90 Å². The number of amides is 1. The van der Waals surface area contributed by atoms with Crippen molar-refractivity contribution in [2.24, 2.45) is 0 Å². The predicted molar refractivity (Wildman–Crippen MR) is 120 cm³/mol. The van der Waals surface area contributed by atoms with E-state index in [-0.39, 0.29) is 12.6 Å². The number of carbonyl (C=O) groups excluding carboxylic acids is 2. The molecule has 0 spiro atoms. The van der Waals surface area contributed by atoms with E-state index in [0.717, 1.165) is 19.3 Å². The van der Waals surface area contributed by atoms with E-state index in [1.807, 2.05) is 0 Å². The van der Waals surface area contributed by atoms with Crippen LogP contribution < -0.4 is 0 Å². The van der Waals surface area contributed by atoms with Crippen molar-refractivity contribution < 1.29 is 23.8 Å². The summed E-state index contributed by atoms with van der Waals surface area (Å²) in [7, 11) is 1.56. The number of methoxy groups -OCH3 is 1. The summed E-state index contributed by atoms with van der Waals surface area (Å²) in [4.78, 5) is 25.9. The number of unbranched alkanes of at least 4 members (excludes halogenated alkanes) is 12. The number of hydrogen-bond acceptors (Lipinski definition) is 5. The molecule has 0 aliphatic carbocycles. The number of hydrogen-bond donors (Lipinski definition) is 0. The van der Waals surface area contributed by atoms with Crippen LogP contribution in [-0.2, 0) is 19.0 Å². The van der Waals surface area contributed by atoms with Crippen molar-refractivity contribution >= 4 is 12.1 Å². The van der Waals surface area contributed by atoms with Gasteiger partial charge in [0.1, 0.15) is 12.6 Å². The maximum Gasteiger partial charge on any atom is 0.410 e. The topological polar surface area (TPSA) is 65.1 Å². The Morgan fingerprint density at radius 3 is 1.90 bits per heavy atom. The van der Waals surface area contributed by atoms with Crippen molar-refractivity contribution in [2.75, 3.05) is 33.5 Å². The zero-order chi connectivity index (χ0) is 21.9. The SMILES string of the molecule is CCCCCCCCCCCCCCCOC(=O)C1CCCN1C(=O)OCCOC. The molecule has 1 atom stereocenters. The summed E-state index contributed by atoms with van der Waals surface area (Å²) in [6, 6.07) is -0.498. The molecule has 0 N–H and O–H groups in total. The van der Waals surface area contributed by atoms with E-state index in [1.165, 1.54) is 75.5 Å². The molecule has 1 heterocycles. The van der Waals surface area contributed by atoms with Gasteiger partial charge in [-0.15, -0.1) is 0 Å². The van der Waals surface area contributed by atoms with E-state index in [9.17, 15) is 9.59 Å². The smallest absolute Gasteiger partial charge is 0.410 e. The summed E-state index contributed by atoms with van der Waals surface area (Å²) in [6.07, 6.45) is 17.8. The Hall–Kier alpha value is -1.30. The fraction of sp³-hybridized carbons (Fsp3) is 0.917. The lowest BCUT2D eigenvalue weighted by Gasteiger charge is -2.22. The van der Waals surface area contributed by atoms with Gasteiger partial charge in [0.05, 0.1) is 13.2 Å². The average Bonchev–Trinajstić information content (AvgIpc) is 3.24. The molecule has 0 saturated carbocycles. The molecule has 6 nitrogen and oxygen atoms in total. The van der Waals surface area contributed by atoms with Gasteiger partial charge in [-0.1, -0.05) is 84.0 Å². The molecule has 1 saturated heterocycles. The first kappa shape index (κ1) is 26.7.